The van der Waals surface area contributed by atoms with Crippen LogP contribution in [-0.2, 0) is 9.53 Å². The zero-order valence-electron chi connectivity index (χ0n) is 9.03. The molecule has 1 fully saturated rings. The summed E-state index contributed by atoms with van der Waals surface area (Å²) in [7, 11) is 1.69. The SMILES string of the molecule is CCC(CN)C(=O)N1CCC(OC)C1. The van der Waals surface area contributed by atoms with Crippen molar-refractivity contribution in [3.63, 3.8) is 0 Å². The van der Waals surface area contributed by atoms with Gasteiger partial charge in [0.15, 0.2) is 0 Å². The van der Waals surface area contributed by atoms with Crippen LogP contribution in [0.2, 0.25) is 0 Å². The Balaban J connectivity index is 2.45. The van der Waals surface area contributed by atoms with Crippen LogP contribution in [0.1, 0.15) is 19.8 Å². The van der Waals surface area contributed by atoms with Crippen molar-refractivity contribution in [3.05, 3.63) is 0 Å². The number of carbonyl (C=O) groups excluding carboxylic acids is 1. The van der Waals surface area contributed by atoms with Crippen molar-refractivity contribution >= 4 is 5.91 Å². The van der Waals surface area contributed by atoms with Crippen LogP contribution in [0.5, 0.6) is 0 Å². The highest BCUT2D eigenvalue weighted by Crippen LogP contribution is 2.15. The first kappa shape index (κ1) is 11.5. The Hall–Kier alpha value is -0.610. The highest BCUT2D eigenvalue weighted by molar-refractivity contribution is 5.79. The summed E-state index contributed by atoms with van der Waals surface area (Å²) < 4.78 is 5.21. The minimum absolute atomic E-state index is 0.00870. The van der Waals surface area contributed by atoms with Gasteiger partial charge in [-0.1, -0.05) is 6.92 Å². The van der Waals surface area contributed by atoms with Crippen molar-refractivity contribution < 1.29 is 9.53 Å². The molecule has 0 aromatic rings. The van der Waals surface area contributed by atoms with Gasteiger partial charge in [0.25, 0.3) is 0 Å². The number of hydrogen-bond acceptors (Lipinski definition) is 3. The molecular formula is C10H20N2O2. The summed E-state index contributed by atoms with van der Waals surface area (Å²) in [6.45, 7) is 3.99. The number of likely N-dealkylation sites (tertiary alicyclic amines) is 1. The third kappa shape index (κ3) is 2.45. The summed E-state index contributed by atoms with van der Waals surface area (Å²) in [6.07, 6.45) is 1.99. The molecular weight excluding hydrogens is 180 g/mol. The van der Waals surface area contributed by atoms with E-state index in [0.717, 1.165) is 25.9 Å². The molecule has 1 aliphatic rings. The predicted octanol–water partition coefficient (Wildman–Crippen LogP) is 0.219. The van der Waals surface area contributed by atoms with Gasteiger partial charge in [-0.3, -0.25) is 4.79 Å². The van der Waals surface area contributed by atoms with Gasteiger partial charge in [-0.2, -0.15) is 0 Å². The van der Waals surface area contributed by atoms with Crippen LogP contribution in [0.25, 0.3) is 0 Å². The fourth-order valence-corrected chi connectivity index (χ4v) is 1.82. The molecule has 4 nitrogen and oxygen atoms in total. The van der Waals surface area contributed by atoms with Crippen molar-refractivity contribution in [2.24, 2.45) is 11.7 Å². The summed E-state index contributed by atoms with van der Waals surface area (Å²) in [5, 5.41) is 0. The fourth-order valence-electron chi connectivity index (χ4n) is 1.82. The van der Waals surface area contributed by atoms with Gasteiger partial charge in [0.2, 0.25) is 5.91 Å². The lowest BCUT2D eigenvalue weighted by Gasteiger charge is -2.21. The van der Waals surface area contributed by atoms with Crippen LogP contribution < -0.4 is 5.73 Å². The number of methoxy groups -OCH3 is 1. The first-order valence-electron chi connectivity index (χ1n) is 5.24. The molecule has 1 aliphatic heterocycles. The Labute approximate surface area is 85.4 Å². The van der Waals surface area contributed by atoms with Gasteiger partial charge in [-0.05, 0) is 12.8 Å². The molecule has 1 rings (SSSR count). The number of rotatable bonds is 4. The molecule has 0 aliphatic carbocycles. The lowest BCUT2D eigenvalue weighted by atomic mass is 10.1. The summed E-state index contributed by atoms with van der Waals surface area (Å²) in [5.41, 5.74) is 5.54. The van der Waals surface area contributed by atoms with Crippen LogP contribution in [0.15, 0.2) is 0 Å². The van der Waals surface area contributed by atoms with E-state index in [1.54, 1.807) is 7.11 Å². The molecule has 2 N–H and O–H groups in total. The number of amides is 1. The topological polar surface area (TPSA) is 55.6 Å². The Bertz CT molecular complexity index is 193. The van der Waals surface area contributed by atoms with E-state index < -0.39 is 0 Å². The molecule has 4 heteroatoms. The average Bonchev–Trinajstić information content (AvgIpc) is 2.67. The average molecular weight is 200 g/mol. The van der Waals surface area contributed by atoms with E-state index in [4.69, 9.17) is 10.5 Å². The Morgan fingerprint density at radius 1 is 1.71 bits per heavy atom. The van der Waals surface area contributed by atoms with E-state index in [1.165, 1.54) is 0 Å². The standard InChI is InChI=1S/C10H20N2O2/c1-3-8(6-11)10(13)12-5-4-9(7-12)14-2/h8-9H,3-7,11H2,1-2H3. The summed E-state index contributed by atoms with van der Waals surface area (Å²) in [6, 6.07) is 0. The van der Waals surface area contributed by atoms with Crippen LogP contribution in [0, 0.1) is 5.92 Å². The van der Waals surface area contributed by atoms with Crippen LogP contribution in [-0.4, -0.2) is 43.7 Å². The second kappa shape index (κ2) is 5.32. The quantitative estimate of drug-likeness (QED) is 0.706. The first-order valence-corrected chi connectivity index (χ1v) is 5.24. The Morgan fingerprint density at radius 2 is 2.43 bits per heavy atom. The minimum Gasteiger partial charge on any atom is -0.380 e. The molecule has 2 unspecified atom stereocenters. The van der Waals surface area contributed by atoms with E-state index in [2.05, 4.69) is 0 Å². The largest absolute Gasteiger partial charge is 0.380 e. The van der Waals surface area contributed by atoms with Crippen LogP contribution in [0.3, 0.4) is 0 Å². The molecule has 0 radical (unpaired) electrons. The van der Waals surface area contributed by atoms with Crippen molar-refractivity contribution in [1.29, 1.82) is 0 Å². The number of nitrogens with zero attached hydrogens (tertiary/aromatic N) is 1. The lowest BCUT2D eigenvalue weighted by Crippen LogP contribution is -2.38. The maximum atomic E-state index is 11.9. The van der Waals surface area contributed by atoms with Gasteiger partial charge < -0.3 is 15.4 Å². The van der Waals surface area contributed by atoms with E-state index in [-0.39, 0.29) is 17.9 Å². The number of ether oxygens (including phenoxy) is 1. The number of nitrogens with two attached hydrogens (primary N) is 1. The highest BCUT2D eigenvalue weighted by atomic mass is 16.5. The van der Waals surface area contributed by atoms with Gasteiger partial charge in [0, 0.05) is 26.7 Å². The Morgan fingerprint density at radius 3 is 2.86 bits per heavy atom. The van der Waals surface area contributed by atoms with Crippen molar-refractivity contribution in [2.45, 2.75) is 25.9 Å². The number of carbonyl (C=O) groups is 1. The molecule has 14 heavy (non-hydrogen) atoms. The summed E-state index contributed by atoms with van der Waals surface area (Å²) in [5.74, 6) is 0.181. The predicted molar refractivity (Wildman–Crippen MR) is 54.8 cm³/mol. The van der Waals surface area contributed by atoms with Crippen molar-refractivity contribution in [1.82, 2.24) is 4.90 Å². The fraction of sp³-hybridized carbons (Fsp3) is 0.900. The first-order chi connectivity index (χ1) is 6.72. The van der Waals surface area contributed by atoms with Gasteiger partial charge in [-0.15, -0.1) is 0 Å². The second-order valence-corrected chi connectivity index (χ2v) is 3.77. The zero-order chi connectivity index (χ0) is 10.6. The summed E-state index contributed by atoms with van der Waals surface area (Å²) >= 11 is 0. The van der Waals surface area contributed by atoms with Crippen LogP contribution in [0.4, 0.5) is 0 Å². The van der Waals surface area contributed by atoms with E-state index >= 15 is 0 Å². The molecule has 1 saturated heterocycles. The third-order valence-electron chi connectivity index (χ3n) is 2.92. The monoisotopic (exact) mass is 200 g/mol. The normalized spacial score (nSPS) is 23.9. The van der Waals surface area contributed by atoms with Crippen molar-refractivity contribution in [2.75, 3.05) is 26.7 Å². The molecule has 0 saturated carbocycles. The molecule has 0 aromatic heterocycles. The smallest absolute Gasteiger partial charge is 0.227 e. The molecule has 1 amide bonds. The van der Waals surface area contributed by atoms with Gasteiger partial charge >= 0.3 is 0 Å². The maximum absolute atomic E-state index is 11.9. The number of hydrogen-bond donors (Lipinski definition) is 1. The van der Waals surface area contributed by atoms with Gasteiger partial charge in [-0.25, -0.2) is 0 Å². The van der Waals surface area contributed by atoms with Gasteiger partial charge in [0.05, 0.1) is 12.0 Å². The molecule has 0 aromatic carbocycles. The van der Waals surface area contributed by atoms with Crippen molar-refractivity contribution in [3.8, 4) is 0 Å². The molecule has 2 atom stereocenters. The zero-order valence-corrected chi connectivity index (χ0v) is 9.03. The van der Waals surface area contributed by atoms with Crippen LogP contribution >= 0.6 is 0 Å². The molecule has 82 valence electrons. The molecule has 1 heterocycles. The Kier molecular flexibility index (Phi) is 4.35. The van der Waals surface area contributed by atoms with E-state index in [1.807, 2.05) is 11.8 Å². The van der Waals surface area contributed by atoms with E-state index in [9.17, 15) is 4.79 Å². The minimum atomic E-state index is -0.00870. The van der Waals surface area contributed by atoms with Gasteiger partial charge in [0.1, 0.15) is 0 Å². The molecule has 0 spiro atoms. The third-order valence-corrected chi connectivity index (χ3v) is 2.92. The van der Waals surface area contributed by atoms with E-state index in [0.29, 0.717) is 6.54 Å². The lowest BCUT2D eigenvalue weighted by molar-refractivity contribution is -0.134. The highest BCUT2D eigenvalue weighted by Gasteiger charge is 2.29. The second-order valence-electron chi connectivity index (χ2n) is 3.77. The maximum Gasteiger partial charge on any atom is 0.227 e. The summed E-state index contributed by atoms with van der Waals surface area (Å²) in [4.78, 5) is 13.7. The molecule has 0 bridgehead atoms.